The Morgan fingerprint density at radius 3 is 2.20 bits per heavy atom. The molecule has 0 aliphatic heterocycles. The van der Waals surface area contributed by atoms with Crippen LogP contribution in [0, 0.1) is 6.07 Å². The van der Waals surface area contributed by atoms with Crippen molar-refractivity contribution in [3.8, 4) is 0 Å². The lowest BCUT2D eigenvalue weighted by Gasteiger charge is -2.26. The van der Waals surface area contributed by atoms with Crippen LogP contribution >= 0.6 is 8.46 Å². The molecule has 0 spiro atoms. The standard InChI is InChI=1S/C11H14O3P/c1-3-13-11(15-12,14-4-2)10-8-6-5-7-9-10/h6-9H,3-4H2,1-2H3. The Morgan fingerprint density at radius 2 is 1.80 bits per heavy atom. The molecule has 0 fully saturated rings. The molecule has 0 aliphatic carbocycles. The van der Waals surface area contributed by atoms with Gasteiger partial charge in [-0.15, -0.1) is 0 Å². The first-order valence-corrected chi connectivity index (χ1v) is 5.69. The average Bonchev–Trinajstić information content (AvgIpc) is 2.30. The predicted octanol–water partition coefficient (Wildman–Crippen LogP) is 2.96. The van der Waals surface area contributed by atoms with Crippen LogP contribution in [0.4, 0.5) is 0 Å². The summed E-state index contributed by atoms with van der Waals surface area (Å²) in [5, 5.41) is 0. The van der Waals surface area contributed by atoms with Gasteiger partial charge in [0.25, 0.3) is 5.53 Å². The molecule has 3 nitrogen and oxygen atoms in total. The maximum atomic E-state index is 11.2. The third-order valence-corrected chi connectivity index (χ3v) is 2.64. The maximum absolute atomic E-state index is 11.2. The van der Waals surface area contributed by atoms with E-state index in [-0.39, 0.29) is 8.46 Å². The minimum Gasteiger partial charge on any atom is -0.337 e. The fraction of sp³-hybridized carbons (Fsp3) is 0.455. The first-order chi connectivity index (χ1) is 7.29. The third-order valence-electron chi connectivity index (χ3n) is 1.88. The second-order valence-electron chi connectivity index (χ2n) is 2.83. The highest BCUT2D eigenvalue weighted by Gasteiger charge is 2.34. The minimum absolute atomic E-state index is 0.193. The highest BCUT2D eigenvalue weighted by atomic mass is 31.1. The van der Waals surface area contributed by atoms with Crippen molar-refractivity contribution in [2.45, 2.75) is 19.4 Å². The van der Waals surface area contributed by atoms with E-state index in [0.717, 1.165) is 5.56 Å². The topological polar surface area (TPSA) is 35.5 Å². The Balaban J connectivity index is 3.03. The van der Waals surface area contributed by atoms with E-state index in [4.69, 9.17) is 9.47 Å². The molecule has 1 aromatic rings. The van der Waals surface area contributed by atoms with Gasteiger partial charge in [0.15, 0.2) is 0 Å². The summed E-state index contributed by atoms with van der Waals surface area (Å²) in [4.78, 5) is 0. The van der Waals surface area contributed by atoms with Crippen LogP contribution in [-0.4, -0.2) is 13.2 Å². The number of rotatable bonds is 6. The molecule has 81 valence electrons. The molecule has 1 radical (unpaired) electrons. The van der Waals surface area contributed by atoms with Gasteiger partial charge in [0.1, 0.15) is 0 Å². The zero-order chi connectivity index (χ0) is 11.1. The minimum atomic E-state index is -1.17. The molecule has 1 rings (SSSR count). The van der Waals surface area contributed by atoms with Gasteiger partial charge in [-0.05, 0) is 19.9 Å². The summed E-state index contributed by atoms with van der Waals surface area (Å²) in [5.74, 6) is 0. The van der Waals surface area contributed by atoms with Gasteiger partial charge in [-0.3, -0.25) is 4.57 Å². The van der Waals surface area contributed by atoms with E-state index in [0.29, 0.717) is 13.2 Å². The number of hydrogen-bond donors (Lipinski definition) is 0. The molecule has 0 aliphatic rings. The third kappa shape index (κ3) is 2.85. The molecule has 4 heteroatoms. The molecule has 0 atom stereocenters. The van der Waals surface area contributed by atoms with Crippen LogP contribution < -0.4 is 0 Å². The van der Waals surface area contributed by atoms with Gasteiger partial charge < -0.3 is 9.47 Å². The van der Waals surface area contributed by atoms with Crippen LogP contribution in [0.1, 0.15) is 19.4 Å². The van der Waals surface area contributed by atoms with Crippen molar-refractivity contribution in [2.75, 3.05) is 13.2 Å². The summed E-state index contributed by atoms with van der Waals surface area (Å²) in [6.45, 7) is 4.56. The Bertz CT molecular complexity index is 294. The van der Waals surface area contributed by atoms with Crippen LogP contribution in [-0.2, 0) is 19.6 Å². The molecule has 0 unspecified atom stereocenters. The molecule has 1 aromatic carbocycles. The molecular formula is C11H14O3P. The molecule has 0 bridgehead atoms. The number of hydrogen-bond acceptors (Lipinski definition) is 3. The lowest BCUT2D eigenvalue weighted by Crippen LogP contribution is -2.27. The fourth-order valence-corrected chi connectivity index (χ4v) is 1.92. The van der Waals surface area contributed by atoms with Gasteiger partial charge >= 0.3 is 0 Å². The van der Waals surface area contributed by atoms with Gasteiger partial charge in [0, 0.05) is 18.8 Å². The van der Waals surface area contributed by atoms with Crippen molar-refractivity contribution in [2.24, 2.45) is 0 Å². The normalized spacial score (nSPS) is 11.9. The van der Waals surface area contributed by atoms with E-state index in [9.17, 15) is 4.57 Å². The van der Waals surface area contributed by atoms with Gasteiger partial charge in [0.2, 0.25) is 8.46 Å². The Morgan fingerprint density at radius 1 is 1.27 bits per heavy atom. The smallest absolute Gasteiger partial charge is 0.278 e. The predicted molar refractivity (Wildman–Crippen MR) is 57.8 cm³/mol. The van der Waals surface area contributed by atoms with Crippen LogP contribution in [0.3, 0.4) is 0 Å². The van der Waals surface area contributed by atoms with E-state index < -0.39 is 5.53 Å². The molecule has 0 saturated heterocycles. The Hall–Kier alpha value is -0.760. The van der Waals surface area contributed by atoms with Crippen molar-refractivity contribution in [3.05, 3.63) is 35.9 Å². The van der Waals surface area contributed by atoms with Crippen molar-refractivity contribution >= 4 is 8.46 Å². The molecule has 0 saturated carbocycles. The lowest BCUT2D eigenvalue weighted by molar-refractivity contribution is -0.176. The Labute approximate surface area is 91.6 Å². The number of ether oxygens (including phenoxy) is 2. The highest BCUT2D eigenvalue weighted by molar-refractivity contribution is 7.24. The monoisotopic (exact) mass is 225 g/mol. The summed E-state index contributed by atoms with van der Waals surface area (Å²) in [6.07, 6.45) is 0. The molecule has 0 amide bonds. The van der Waals surface area contributed by atoms with Gasteiger partial charge in [-0.1, -0.05) is 24.3 Å². The van der Waals surface area contributed by atoms with Crippen LogP contribution in [0.5, 0.6) is 0 Å². The first kappa shape index (κ1) is 12.3. The summed E-state index contributed by atoms with van der Waals surface area (Å²) in [5.41, 5.74) is -0.430. The highest BCUT2D eigenvalue weighted by Crippen LogP contribution is 2.37. The van der Waals surface area contributed by atoms with Crippen LogP contribution in [0.25, 0.3) is 0 Å². The lowest BCUT2D eigenvalue weighted by atomic mass is 10.2. The van der Waals surface area contributed by atoms with Crippen LogP contribution in [0.2, 0.25) is 0 Å². The second-order valence-corrected chi connectivity index (χ2v) is 3.60. The SMILES string of the molecule is CCOC(OCC)(P=O)c1cc[c]cc1. The summed E-state index contributed by atoms with van der Waals surface area (Å²) in [6, 6.07) is 9.96. The summed E-state index contributed by atoms with van der Waals surface area (Å²) in [7, 11) is -0.193. The summed E-state index contributed by atoms with van der Waals surface area (Å²) < 4.78 is 22.1. The van der Waals surface area contributed by atoms with Crippen LogP contribution in [0.15, 0.2) is 24.3 Å². The largest absolute Gasteiger partial charge is 0.337 e. The first-order valence-electron chi connectivity index (χ1n) is 4.88. The second kappa shape index (κ2) is 5.96. The molecule has 0 aromatic heterocycles. The van der Waals surface area contributed by atoms with Gasteiger partial charge in [-0.2, -0.15) is 0 Å². The van der Waals surface area contributed by atoms with E-state index in [1.54, 1.807) is 24.3 Å². The zero-order valence-corrected chi connectivity index (χ0v) is 9.79. The van der Waals surface area contributed by atoms with Crippen molar-refractivity contribution in [1.82, 2.24) is 0 Å². The molecule has 0 heterocycles. The van der Waals surface area contributed by atoms with E-state index in [1.807, 2.05) is 13.8 Å². The zero-order valence-electron chi connectivity index (χ0n) is 8.90. The maximum Gasteiger partial charge on any atom is 0.278 e. The van der Waals surface area contributed by atoms with E-state index in [1.165, 1.54) is 0 Å². The van der Waals surface area contributed by atoms with Crippen molar-refractivity contribution < 1.29 is 14.0 Å². The van der Waals surface area contributed by atoms with E-state index >= 15 is 0 Å². The number of benzene rings is 1. The fourth-order valence-electron chi connectivity index (χ4n) is 1.30. The van der Waals surface area contributed by atoms with Crippen molar-refractivity contribution in [1.29, 1.82) is 0 Å². The van der Waals surface area contributed by atoms with Gasteiger partial charge in [0.05, 0.1) is 0 Å². The quantitative estimate of drug-likeness (QED) is 0.551. The van der Waals surface area contributed by atoms with E-state index in [2.05, 4.69) is 6.07 Å². The molecule has 15 heavy (non-hydrogen) atoms. The van der Waals surface area contributed by atoms with Crippen molar-refractivity contribution in [3.63, 3.8) is 0 Å². The molecular weight excluding hydrogens is 211 g/mol. The average molecular weight is 225 g/mol. The van der Waals surface area contributed by atoms with Gasteiger partial charge in [-0.25, -0.2) is 0 Å². The Kier molecular flexibility index (Phi) is 4.89. The summed E-state index contributed by atoms with van der Waals surface area (Å²) >= 11 is 0. The molecule has 0 N–H and O–H groups in total.